The maximum Gasteiger partial charge on any atom is 0.409 e. The van der Waals surface area contributed by atoms with Gasteiger partial charge in [-0.15, -0.1) is 11.3 Å². The molecule has 0 radical (unpaired) electrons. The Morgan fingerprint density at radius 2 is 1.95 bits per heavy atom. The third-order valence-corrected chi connectivity index (χ3v) is 7.87. The molecule has 4 heterocycles. The molecule has 12 heteroatoms. The Morgan fingerprint density at radius 3 is 2.50 bits per heavy atom. The molecule has 1 aliphatic rings. The summed E-state index contributed by atoms with van der Waals surface area (Å²) in [4.78, 5) is 30.1. The third-order valence-electron chi connectivity index (χ3n) is 6.65. The topological polar surface area (TPSA) is 71.6 Å². The number of hydrogen-bond acceptors (Lipinski definition) is 6. The van der Waals surface area contributed by atoms with E-state index in [9.17, 15) is 22.8 Å². The number of aromatic nitrogens is 2. The normalized spacial score (nSPS) is 18.6. The van der Waals surface area contributed by atoms with Crippen molar-refractivity contribution in [3.63, 3.8) is 0 Å². The number of thiophene rings is 1. The van der Waals surface area contributed by atoms with Gasteiger partial charge in [-0.2, -0.15) is 23.0 Å². The molecule has 2 unspecified atom stereocenters. The van der Waals surface area contributed by atoms with E-state index in [2.05, 4.69) is 5.10 Å². The molecule has 0 bridgehead atoms. The Balaban J connectivity index is 1.79. The molecule has 0 spiro atoms. The molecule has 2 atom stereocenters. The highest BCUT2D eigenvalue weighted by Crippen LogP contribution is 2.43. The van der Waals surface area contributed by atoms with Crippen molar-refractivity contribution in [2.45, 2.75) is 65.2 Å². The number of rotatable bonds is 5. The van der Waals surface area contributed by atoms with Gasteiger partial charge < -0.3 is 14.2 Å². The van der Waals surface area contributed by atoms with Crippen LogP contribution in [0.1, 0.15) is 66.0 Å². The number of halogens is 4. The van der Waals surface area contributed by atoms with Crippen molar-refractivity contribution in [2.24, 2.45) is 5.41 Å². The highest BCUT2D eigenvalue weighted by molar-refractivity contribution is 7.16. The van der Waals surface area contributed by atoms with Crippen LogP contribution in [0, 0.1) is 12.3 Å². The van der Waals surface area contributed by atoms with Crippen molar-refractivity contribution in [1.82, 2.24) is 14.7 Å². The predicted molar refractivity (Wildman–Crippen MR) is 140 cm³/mol. The Kier molecular flexibility index (Phi) is 7.73. The van der Waals surface area contributed by atoms with E-state index < -0.39 is 35.4 Å². The zero-order valence-electron chi connectivity index (χ0n) is 21.8. The van der Waals surface area contributed by atoms with Gasteiger partial charge in [0.2, 0.25) is 5.91 Å². The van der Waals surface area contributed by atoms with E-state index >= 15 is 0 Å². The Bertz CT molecular complexity index is 1320. The molecule has 38 heavy (non-hydrogen) atoms. The fraction of sp³-hybridized carbons (Fsp3) is 0.500. The second-order valence-corrected chi connectivity index (χ2v) is 12.5. The molecular weight excluding hydrogens is 541 g/mol. The largest absolute Gasteiger partial charge is 0.471 e. The van der Waals surface area contributed by atoms with Crippen molar-refractivity contribution in [1.29, 1.82) is 0 Å². The molecule has 1 aliphatic heterocycles. The molecule has 206 valence electrons. The Labute approximate surface area is 228 Å². The summed E-state index contributed by atoms with van der Waals surface area (Å²) in [7, 11) is 1.73. The summed E-state index contributed by atoms with van der Waals surface area (Å²) in [6, 6.07) is 3.09. The lowest BCUT2D eigenvalue weighted by molar-refractivity contribution is -0.204. The summed E-state index contributed by atoms with van der Waals surface area (Å²) < 4.78 is 50.5. The molecular formula is C26H30ClF3N4O3S. The van der Waals surface area contributed by atoms with Gasteiger partial charge >= 0.3 is 6.18 Å². The quantitative estimate of drug-likeness (QED) is 0.350. The molecule has 7 nitrogen and oxygen atoms in total. The maximum atomic E-state index is 14.5. The van der Waals surface area contributed by atoms with Crippen LogP contribution in [-0.4, -0.2) is 52.3 Å². The average molecular weight is 571 g/mol. The molecule has 3 aromatic rings. The maximum absolute atomic E-state index is 14.5. The molecule has 0 aromatic carbocycles. The molecule has 1 saturated heterocycles. The number of carbonyl (C=O) groups is 2. The van der Waals surface area contributed by atoms with Crippen molar-refractivity contribution >= 4 is 40.6 Å². The average Bonchev–Trinajstić information content (AvgIpc) is 3.56. The highest BCUT2D eigenvalue weighted by Gasteiger charge is 2.53. The van der Waals surface area contributed by atoms with E-state index in [4.69, 9.17) is 16.0 Å². The summed E-state index contributed by atoms with van der Waals surface area (Å²) in [5, 5.41) is 4.44. The summed E-state index contributed by atoms with van der Waals surface area (Å²) in [5.41, 5.74) is -0.0285. The summed E-state index contributed by atoms with van der Waals surface area (Å²) in [5.74, 6) is -1.88. The fourth-order valence-corrected chi connectivity index (χ4v) is 5.95. The number of likely N-dealkylation sites (tertiary alicyclic amines) is 1. The number of alkyl halides is 3. The van der Waals surface area contributed by atoms with Gasteiger partial charge in [0, 0.05) is 41.4 Å². The van der Waals surface area contributed by atoms with Crippen LogP contribution in [0.3, 0.4) is 0 Å². The minimum atomic E-state index is -4.68. The van der Waals surface area contributed by atoms with Gasteiger partial charge in [0.1, 0.15) is 18.1 Å². The lowest BCUT2D eigenvalue weighted by atomic mass is 9.83. The van der Waals surface area contributed by atoms with Crippen molar-refractivity contribution in [3.8, 4) is 0 Å². The summed E-state index contributed by atoms with van der Waals surface area (Å²) in [6.45, 7) is 6.90. The smallest absolute Gasteiger partial charge is 0.409 e. The summed E-state index contributed by atoms with van der Waals surface area (Å²) >= 11 is 7.44. The third kappa shape index (κ3) is 5.63. The first kappa shape index (κ1) is 28.2. The molecule has 3 aromatic heterocycles. The molecule has 0 saturated carbocycles. The van der Waals surface area contributed by atoms with Gasteiger partial charge in [-0.25, -0.2) is 0 Å². The lowest BCUT2D eigenvalue weighted by Crippen LogP contribution is -2.57. The van der Waals surface area contributed by atoms with Crippen LogP contribution in [0.2, 0.25) is 4.34 Å². The minimum absolute atomic E-state index is 0.0104. The van der Waals surface area contributed by atoms with E-state index in [0.29, 0.717) is 28.7 Å². The zero-order chi connectivity index (χ0) is 28.0. The standard InChI is InChI=1S/C26H30ClF3N4O3S/c1-15-13-37-14-18(15)23(35)34-21(32(5)12-16-8-9-20(27)38-16)11-19(31-34)17-7-6-10-33(22(17)26(28,29)30)24(36)25(2,3)4/h8-9,11,13-14,17,22H,6-7,10,12H2,1-5H3. The van der Waals surface area contributed by atoms with Crippen LogP contribution in [0.4, 0.5) is 19.0 Å². The number of hydrogen-bond donors (Lipinski definition) is 0. The van der Waals surface area contributed by atoms with Gasteiger partial charge in [0.05, 0.1) is 28.4 Å². The number of nitrogens with zero attached hydrogens (tertiary/aromatic N) is 4. The highest BCUT2D eigenvalue weighted by atomic mass is 35.5. The van der Waals surface area contributed by atoms with Gasteiger partial charge in [0.25, 0.3) is 5.91 Å². The van der Waals surface area contributed by atoms with Gasteiger partial charge in [-0.05, 0) is 31.9 Å². The molecule has 1 amide bonds. The minimum Gasteiger partial charge on any atom is -0.471 e. The molecule has 4 rings (SSSR count). The zero-order valence-corrected chi connectivity index (χ0v) is 23.4. The number of amides is 1. The second kappa shape index (κ2) is 10.4. The van der Waals surface area contributed by atoms with Crippen LogP contribution in [-0.2, 0) is 11.3 Å². The van der Waals surface area contributed by atoms with Crippen molar-refractivity contribution < 1.29 is 27.2 Å². The van der Waals surface area contributed by atoms with Gasteiger partial charge in [-0.3, -0.25) is 9.59 Å². The lowest BCUT2D eigenvalue weighted by Gasteiger charge is -2.43. The number of furan rings is 1. The van der Waals surface area contributed by atoms with Crippen LogP contribution < -0.4 is 4.90 Å². The number of aryl methyl sites for hydroxylation is 1. The van der Waals surface area contributed by atoms with E-state index in [1.54, 1.807) is 45.7 Å². The molecule has 1 fully saturated rings. The van der Waals surface area contributed by atoms with Crippen molar-refractivity contribution in [3.05, 3.63) is 56.8 Å². The summed E-state index contributed by atoms with van der Waals surface area (Å²) in [6.07, 6.45) is -1.39. The van der Waals surface area contributed by atoms with E-state index in [1.165, 1.54) is 29.9 Å². The monoisotopic (exact) mass is 570 g/mol. The van der Waals surface area contributed by atoms with Crippen LogP contribution in [0.25, 0.3) is 0 Å². The van der Waals surface area contributed by atoms with E-state index in [1.807, 2.05) is 6.07 Å². The second-order valence-electron chi connectivity index (χ2n) is 10.7. The van der Waals surface area contributed by atoms with Gasteiger partial charge in [-0.1, -0.05) is 32.4 Å². The molecule has 0 aliphatic carbocycles. The SMILES string of the molecule is Cc1cocc1C(=O)n1nc(C2CCCN(C(=O)C(C)(C)C)C2C(F)(F)F)cc1N(C)Cc1ccc(Cl)s1. The number of anilines is 1. The fourth-order valence-electron chi connectivity index (χ4n) is 4.81. The van der Waals surface area contributed by atoms with E-state index in [0.717, 1.165) is 14.5 Å². The van der Waals surface area contributed by atoms with E-state index in [-0.39, 0.29) is 24.2 Å². The number of piperidine rings is 1. The molecule has 0 N–H and O–H groups in total. The van der Waals surface area contributed by atoms with Crippen molar-refractivity contribution in [2.75, 3.05) is 18.5 Å². The van der Waals surface area contributed by atoms with Crippen LogP contribution in [0.5, 0.6) is 0 Å². The van der Waals surface area contributed by atoms with Crippen LogP contribution in [0.15, 0.2) is 35.1 Å². The first-order chi connectivity index (χ1) is 17.7. The number of carbonyl (C=O) groups excluding carboxylic acids is 2. The Hall–Kier alpha value is -2.79. The first-order valence-electron chi connectivity index (χ1n) is 12.2. The predicted octanol–water partition coefficient (Wildman–Crippen LogP) is 6.51. The van der Waals surface area contributed by atoms with Gasteiger partial charge in [0.15, 0.2) is 0 Å². The Morgan fingerprint density at radius 1 is 1.24 bits per heavy atom. The van der Waals surface area contributed by atoms with Crippen LogP contribution >= 0.6 is 22.9 Å². The first-order valence-corrected chi connectivity index (χ1v) is 13.4.